The number of amides is 4. The van der Waals surface area contributed by atoms with Crippen molar-refractivity contribution in [3.05, 3.63) is 57.9 Å². The quantitative estimate of drug-likeness (QED) is 0.557. The van der Waals surface area contributed by atoms with E-state index in [9.17, 15) is 19.2 Å². The van der Waals surface area contributed by atoms with Gasteiger partial charge in [-0.15, -0.1) is 0 Å². The highest BCUT2D eigenvalue weighted by Crippen LogP contribution is 2.39. The molecule has 4 amide bonds. The minimum Gasteiger partial charge on any atom is -0.463 e. The predicted molar refractivity (Wildman–Crippen MR) is 132 cm³/mol. The highest BCUT2D eigenvalue weighted by Gasteiger charge is 2.41. The van der Waals surface area contributed by atoms with E-state index in [0.29, 0.717) is 33.7 Å². The Morgan fingerprint density at radius 3 is 1.28 bits per heavy atom. The SMILES string of the molecule is CCOC(=O)C1=C(C)N(C)C(=O)N(C)C1c1ccc(C2C(C(=O)OCC)=C(C)N(C)C(=O)N2C)cc1. The largest absolute Gasteiger partial charge is 0.463 e. The van der Waals surface area contributed by atoms with Crippen molar-refractivity contribution in [2.24, 2.45) is 0 Å². The van der Waals surface area contributed by atoms with Crippen LogP contribution in [0.1, 0.15) is 50.9 Å². The molecule has 0 bridgehead atoms. The van der Waals surface area contributed by atoms with E-state index in [1.807, 2.05) is 0 Å². The van der Waals surface area contributed by atoms with E-state index in [1.165, 1.54) is 19.6 Å². The van der Waals surface area contributed by atoms with E-state index >= 15 is 0 Å². The summed E-state index contributed by atoms with van der Waals surface area (Å²) >= 11 is 0. The van der Waals surface area contributed by atoms with E-state index < -0.39 is 24.0 Å². The lowest BCUT2D eigenvalue weighted by atomic mass is 9.89. The van der Waals surface area contributed by atoms with Crippen LogP contribution in [0, 0.1) is 0 Å². The zero-order chi connectivity index (χ0) is 26.9. The van der Waals surface area contributed by atoms with Crippen LogP contribution in [0.15, 0.2) is 46.8 Å². The summed E-state index contributed by atoms with van der Waals surface area (Å²) in [5.41, 5.74) is 3.20. The van der Waals surface area contributed by atoms with Crippen molar-refractivity contribution in [2.45, 2.75) is 39.8 Å². The molecule has 1 aromatic carbocycles. The lowest BCUT2D eigenvalue weighted by molar-refractivity contribution is -0.140. The third-order valence-electron chi connectivity index (χ3n) is 6.84. The van der Waals surface area contributed by atoms with E-state index in [2.05, 4.69) is 0 Å². The van der Waals surface area contributed by atoms with Crippen LogP contribution in [-0.4, -0.2) is 85.0 Å². The van der Waals surface area contributed by atoms with Gasteiger partial charge in [-0.3, -0.25) is 0 Å². The van der Waals surface area contributed by atoms with Crippen molar-refractivity contribution in [3.8, 4) is 0 Å². The van der Waals surface area contributed by atoms with E-state index in [0.717, 1.165) is 0 Å². The summed E-state index contributed by atoms with van der Waals surface area (Å²) in [5, 5.41) is 0. The number of nitrogens with zero attached hydrogens (tertiary/aromatic N) is 4. The summed E-state index contributed by atoms with van der Waals surface area (Å²) in [6, 6.07) is 5.40. The molecule has 1 aromatic rings. The van der Waals surface area contributed by atoms with Crippen LogP contribution < -0.4 is 0 Å². The van der Waals surface area contributed by atoms with Gasteiger partial charge in [-0.25, -0.2) is 19.2 Å². The molecule has 2 atom stereocenters. The van der Waals surface area contributed by atoms with Gasteiger partial charge in [0.2, 0.25) is 0 Å². The minimum atomic E-state index is -0.652. The number of hydrogen-bond acceptors (Lipinski definition) is 6. The smallest absolute Gasteiger partial charge is 0.338 e. The van der Waals surface area contributed by atoms with Gasteiger partial charge in [-0.05, 0) is 38.8 Å². The average molecular weight is 499 g/mol. The Morgan fingerprint density at radius 2 is 1.00 bits per heavy atom. The van der Waals surface area contributed by atoms with Crippen molar-refractivity contribution in [1.82, 2.24) is 19.6 Å². The predicted octanol–water partition coefficient (Wildman–Crippen LogP) is 3.44. The van der Waals surface area contributed by atoms with Gasteiger partial charge >= 0.3 is 24.0 Å². The Labute approximate surface area is 211 Å². The first-order chi connectivity index (χ1) is 17.0. The molecule has 2 aliphatic heterocycles. The third kappa shape index (κ3) is 4.43. The van der Waals surface area contributed by atoms with Crippen molar-refractivity contribution in [3.63, 3.8) is 0 Å². The average Bonchev–Trinajstić information content (AvgIpc) is 2.86. The summed E-state index contributed by atoms with van der Waals surface area (Å²) in [7, 11) is 6.51. The monoisotopic (exact) mass is 498 g/mol. The van der Waals surface area contributed by atoms with Crippen LogP contribution in [0.25, 0.3) is 0 Å². The molecule has 36 heavy (non-hydrogen) atoms. The number of allylic oxidation sites excluding steroid dienone is 2. The maximum Gasteiger partial charge on any atom is 0.338 e. The molecular formula is C26H34N4O6. The molecule has 0 N–H and O–H groups in total. The van der Waals surface area contributed by atoms with Crippen molar-refractivity contribution >= 4 is 24.0 Å². The fourth-order valence-electron chi connectivity index (χ4n) is 4.70. The number of benzene rings is 1. The van der Waals surface area contributed by atoms with Crippen molar-refractivity contribution < 1.29 is 28.7 Å². The van der Waals surface area contributed by atoms with Crippen molar-refractivity contribution in [1.29, 1.82) is 0 Å². The molecular weight excluding hydrogens is 464 g/mol. The Balaban J connectivity index is 2.09. The standard InChI is InChI=1S/C26H34N4O6/c1-9-35-23(31)19-15(3)27(5)25(33)29(7)21(19)17-11-13-18(14-12-17)22-20(24(32)36-10-2)16(4)28(6)26(34)30(22)8/h11-14,21-22H,9-10H2,1-8H3. The highest BCUT2D eigenvalue weighted by atomic mass is 16.5. The van der Waals surface area contributed by atoms with Gasteiger partial charge in [-0.2, -0.15) is 0 Å². The topological polar surface area (TPSA) is 99.7 Å². The maximum atomic E-state index is 12.9. The van der Waals surface area contributed by atoms with E-state index in [-0.39, 0.29) is 25.3 Å². The zero-order valence-corrected chi connectivity index (χ0v) is 22.1. The zero-order valence-electron chi connectivity index (χ0n) is 22.1. The molecule has 0 aliphatic carbocycles. The van der Waals surface area contributed by atoms with Crippen LogP contribution in [0.3, 0.4) is 0 Å². The van der Waals surface area contributed by atoms with Gasteiger partial charge in [0.05, 0.1) is 36.4 Å². The molecule has 10 heteroatoms. The van der Waals surface area contributed by atoms with Gasteiger partial charge in [0.1, 0.15) is 0 Å². The lowest BCUT2D eigenvalue weighted by Gasteiger charge is -2.40. The Kier molecular flexibility index (Phi) is 7.76. The molecule has 10 nitrogen and oxygen atoms in total. The summed E-state index contributed by atoms with van der Waals surface area (Å²) in [6.45, 7) is 7.32. The third-order valence-corrected chi connectivity index (χ3v) is 6.84. The number of urea groups is 2. The van der Waals surface area contributed by atoms with Gasteiger partial charge in [-0.1, -0.05) is 24.3 Å². The molecule has 2 heterocycles. The van der Waals surface area contributed by atoms with Gasteiger partial charge < -0.3 is 29.1 Å². The Morgan fingerprint density at radius 1 is 0.694 bits per heavy atom. The van der Waals surface area contributed by atoms with Gasteiger partial charge in [0, 0.05) is 39.6 Å². The molecule has 2 aliphatic rings. The number of ether oxygens (including phenoxy) is 2. The fourth-order valence-corrected chi connectivity index (χ4v) is 4.70. The summed E-state index contributed by atoms with van der Waals surface area (Å²) in [6.07, 6.45) is 0. The van der Waals surface area contributed by atoms with E-state index in [1.54, 1.807) is 80.2 Å². The second-order valence-corrected chi connectivity index (χ2v) is 8.82. The van der Waals surface area contributed by atoms with Crippen molar-refractivity contribution in [2.75, 3.05) is 41.4 Å². The molecule has 2 unspecified atom stereocenters. The Bertz CT molecular complexity index is 1050. The fraction of sp³-hybridized carbons (Fsp3) is 0.462. The molecule has 3 rings (SSSR count). The molecule has 0 spiro atoms. The molecule has 194 valence electrons. The molecule has 0 radical (unpaired) electrons. The summed E-state index contributed by atoms with van der Waals surface area (Å²) in [4.78, 5) is 57.3. The summed E-state index contributed by atoms with van der Waals surface area (Å²) in [5.74, 6) is -0.974. The summed E-state index contributed by atoms with van der Waals surface area (Å²) < 4.78 is 10.6. The Hall–Kier alpha value is -3.82. The second kappa shape index (κ2) is 10.4. The number of rotatable bonds is 6. The maximum absolute atomic E-state index is 12.9. The van der Waals surface area contributed by atoms with Crippen LogP contribution in [0.5, 0.6) is 0 Å². The first-order valence-electron chi connectivity index (χ1n) is 11.8. The highest BCUT2D eigenvalue weighted by molar-refractivity contribution is 5.96. The lowest BCUT2D eigenvalue weighted by Crippen LogP contribution is -2.47. The van der Waals surface area contributed by atoms with Crippen LogP contribution in [0.2, 0.25) is 0 Å². The molecule has 0 saturated carbocycles. The van der Waals surface area contributed by atoms with Crippen LogP contribution in [-0.2, 0) is 19.1 Å². The number of hydrogen-bond donors (Lipinski definition) is 0. The number of carbonyl (C=O) groups excluding carboxylic acids is 4. The molecule has 0 fully saturated rings. The number of likely N-dealkylation sites (N-methyl/N-ethyl adjacent to an activating group) is 2. The van der Waals surface area contributed by atoms with Crippen LogP contribution >= 0.6 is 0 Å². The van der Waals surface area contributed by atoms with Crippen LogP contribution in [0.4, 0.5) is 9.59 Å². The second-order valence-electron chi connectivity index (χ2n) is 8.82. The first-order valence-corrected chi connectivity index (χ1v) is 11.8. The first kappa shape index (κ1) is 26.8. The van der Waals surface area contributed by atoms with Gasteiger partial charge in [0.25, 0.3) is 0 Å². The number of carbonyl (C=O) groups is 4. The normalized spacial score (nSPS) is 20.9. The molecule has 0 saturated heterocycles. The van der Waals surface area contributed by atoms with Gasteiger partial charge in [0.15, 0.2) is 0 Å². The minimum absolute atomic E-state index is 0.210. The van der Waals surface area contributed by atoms with E-state index in [4.69, 9.17) is 9.47 Å². The molecule has 0 aromatic heterocycles. The number of esters is 2.